The number of carboxylic acids is 1. The first-order valence-corrected chi connectivity index (χ1v) is 8.09. The van der Waals surface area contributed by atoms with Crippen LogP contribution in [0.3, 0.4) is 0 Å². The molecule has 24 heavy (non-hydrogen) atoms. The Hall–Kier alpha value is -2.45. The summed E-state index contributed by atoms with van der Waals surface area (Å²) >= 11 is 11.2. The number of benzene rings is 1. The second-order valence-electron chi connectivity index (χ2n) is 5.64. The zero-order chi connectivity index (χ0) is 16.8. The minimum atomic E-state index is -1.10. The molecule has 0 bridgehead atoms. The van der Waals surface area contributed by atoms with E-state index in [9.17, 15) is 9.90 Å². The summed E-state index contributed by atoms with van der Waals surface area (Å²) in [4.78, 5) is 11.3. The van der Waals surface area contributed by atoms with Gasteiger partial charge in [0.2, 0.25) is 0 Å². The molecule has 0 saturated heterocycles. The first-order valence-electron chi connectivity index (χ1n) is 7.31. The molecule has 1 aliphatic rings. The van der Waals surface area contributed by atoms with Crippen LogP contribution in [0.4, 0.5) is 0 Å². The van der Waals surface area contributed by atoms with E-state index in [4.69, 9.17) is 23.8 Å². The second kappa shape index (κ2) is 5.57. The van der Waals surface area contributed by atoms with Crippen molar-refractivity contribution in [2.75, 3.05) is 0 Å². The van der Waals surface area contributed by atoms with Crippen LogP contribution in [0, 0.1) is 4.77 Å². The van der Waals surface area contributed by atoms with Gasteiger partial charge in [0.15, 0.2) is 10.6 Å². The SMILES string of the molecule is O=C(O)c1cc(-n2c(-c3cc(C4CC4)[nH]n3)n[nH]c2=S)ccc1Cl. The van der Waals surface area contributed by atoms with Gasteiger partial charge in [-0.15, -0.1) is 0 Å². The number of hydrogen-bond acceptors (Lipinski definition) is 4. The van der Waals surface area contributed by atoms with Crippen molar-refractivity contribution in [2.24, 2.45) is 0 Å². The Morgan fingerprint density at radius 3 is 2.79 bits per heavy atom. The van der Waals surface area contributed by atoms with Crippen molar-refractivity contribution >= 4 is 29.8 Å². The van der Waals surface area contributed by atoms with Crippen LogP contribution in [-0.2, 0) is 0 Å². The van der Waals surface area contributed by atoms with Gasteiger partial charge < -0.3 is 5.11 Å². The van der Waals surface area contributed by atoms with Gasteiger partial charge in [-0.1, -0.05) is 11.6 Å². The molecule has 0 aliphatic heterocycles. The van der Waals surface area contributed by atoms with Gasteiger partial charge in [-0.05, 0) is 49.3 Å². The number of aromatic carboxylic acids is 1. The largest absolute Gasteiger partial charge is 0.478 e. The zero-order valence-corrected chi connectivity index (χ0v) is 13.9. The van der Waals surface area contributed by atoms with Crippen LogP contribution in [0.25, 0.3) is 17.2 Å². The molecule has 4 rings (SSSR count). The topological polar surface area (TPSA) is 99.6 Å². The Balaban J connectivity index is 1.84. The number of nitrogens with zero attached hydrogens (tertiary/aromatic N) is 3. The predicted molar refractivity (Wildman–Crippen MR) is 90.3 cm³/mol. The average molecular weight is 362 g/mol. The lowest BCUT2D eigenvalue weighted by Crippen LogP contribution is -2.03. The minimum absolute atomic E-state index is 0.00362. The first-order chi connectivity index (χ1) is 11.5. The molecule has 1 aliphatic carbocycles. The molecule has 0 spiro atoms. The van der Waals surface area contributed by atoms with Crippen LogP contribution in [0.5, 0.6) is 0 Å². The van der Waals surface area contributed by atoms with Gasteiger partial charge in [0, 0.05) is 11.6 Å². The highest BCUT2D eigenvalue weighted by molar-refractivity contribution is 7.71. The molecule has 1 fully saturated rings. The van der Waals surface area contributed by atoms with Crippen molar-refractivity contribution < 1.29 is 9.90 Å². The summed E-state index contributed by atoms with van der Waals surface area (Å²) in [5.74, 6) is -0.0493. The lowest BCUT2D eigenvalue weighted by Gasteiger charge is -2.07. The van der Waals surface area contributed by atoms with Crippen molar-refractivity contribution in [1.82, 2.24) is 25.0 Å². The Morgan fingerprint density at radius 2 is 2.08 bits per heavy atom. The highest BCUT2D eigenvalue weighted by Gasteiger charge is 2.26. The van der Waals surface area contributed by atoms with E-state index in [0.717, 1.165) is 18.5 Å². The van der Waals surface area contributed by atoms with Crippen LogP contribution in [-0.4, -0.2) is 36.0 Å². The van der Waals surface area contributed by atoms with Crippen molar-refractivity contribution in [3.63, 3.8) is 0 Å². The van der Waals surface area contributed by atoms with Crippen LogP contribution in [0.2, 0.25) is 5.02 Å². The third-order valence-electron chi connectivity index (χ3n) is 3.95. The van der Waals surface area contributed by atoms with E-state index in [1.165, 1.54) is 12.1 Å². The van der Waals surface area contributed by atoms with Gasteiger partial charge in [-0.3, -0.25) is 14.8 Å². The Morgan fingerprint density at radius 1 is 1.29 bits per heavy atom. The molecule has 9 heteroatoms. The molecule has 122 valence electrons. The van der Waals surface area contributed by atoms with Gasteiger partial charge in [-0.25, -0.2) is 4.79 Å². The predicted octanol–water partition coefficient (Wildman–Crippen LogP) is 3.55. The number of hydrogen-bond donors (Lipinski definition) is 3. The standard InChI is InChI=1S/C15H12ClN5O2S/c16-10-4-3-8(5-9(10)14(22)23)21-13(19-20-15(21)24)12-6-11(17-18-12)7-1-2-7/h3-7H,1-2H2,(H,17,18)(H,20,24)(H,22,23). The van der Waals surface area contributed by atoms with E-state index in [2.05, 4.69) is 20.4 Å². The molecular weight excluding hydrogens is 350 g/mol. The third-order valence-corrected chi connectivity index (χ3v) is 4.56. The minimum Gasteiger partial charge on any atom is -0.478 e. The smallest absolute Gasteiger partial charge is 0.337 e. The number of aromatic amines is 2. The normalized spacial score (nSPS) is 14.0. The Kier molecular flexibility index (Phi) is 3.50. The summed E-state index contributed by atoms with van der Waals surface area (Å²) in [5, 5.41) is 23.7. The van der Waals surface area contributed by atoms with E-state index in [1.807, 2.05) is 6.07 Å². The van der Waals surface area contributed by atoms with Crippen LogP contribution in [0.15, 0.2) is 24.3 Å². The molecule has 3 aromatic rings. The van der Waals surface area contributed by atoms with E-state index in [-0.39, 0.29) is 10.6 Å². The van der Waals surface area contributed by atoms with Crippen LogP contribution < -0.4 is 0 Å². The fourth-order valence-corrected chi connectivity index (χ4v) is 3.02. The average Bonchev–Trinajstić information content (AvgIpc) is 3.16. The van der Waals surface area contributed by atoms with E-state index in [0.29, 0.717) is 27.9 Å². The summed E-state index contributed by atoms with van der Waals surface area (Å²) in [5.41, 5.74) is 2.29. The number of carboxylic acid groups (broad SMARTS) is 1. The maximum atomic E-state index is 11.3. The fraction of sp³-hybridized carbons (Fsp3) is 0.200. The monoisotopic (exact) mass is 361 g/mol. The van der Waals surface area contributed by atoms with Crippen molar-refractivity contribution in [1.29, 1.82) is 0 Å². The lowest BCUT2D eigenvalue weighted by molar-refractivity contribution is 0.0697. The summed E-state index contributed by atoms with van der Waals surface area (Å²) in [6, 6.07) is 6.64. The van der Waals surface area contributed by atoms with E-state index >= 15 is 0 Å². The Bertz CT molecular complexity index is 1000. The van der Waals surface area contributed by atoms with Crippen LogP contribution >= 0.6 is 23.8 Å². The van der Waals surface area contributed by atoms with E-state index in [1.54, 1.807) is 10.6 Å². The highest BCUT2D eigenvalue weighted by atomic mass is 35.5. The van der Waals surface area contributed by atoms with Gasteiger partial charge in [0.05, 0.1) is 16.3 Å². The van der Waals surface area contributed by atoms with Gasteiger partial charge >= 0.3 is 5.97 Å². The van der Waals surface area contributed by atoms with Gasteiger partial charge in [-0.2, -0.15) is 10.2 Å². The molecule has 1 aromatic carbocycles. The lowest BCUT2D eigenvalue weighted by atomic mass is 10.2. The van der Waals surface area contributed by atoms with Crippen molar-refractivity contribution in [2.45, 2.75) is 18.8 Å². The fourth-order valence-electron chi connectivity index (χ4n) is 2.58. The molecule has 0 atom stereocenters. The number of nitrogens with one attached hydrogen (secondary N) is 2. The second-order valence-corrected chi connectivity index (χ2v) is 6.43. The number of H-pyrrole nitrogens is 2. The molecule has 7 nitrogen and oxygen atoms in total. The molecule has 3 N–H and O–H groups in total. The third kappa shape index (κ3) is 2.53. The number of halogens is 1. The molecule has 0 amide bonds. The first kappa shape index (κ1) is 15.1. The Labute approximate surface area is 146 Å². The zero-order valence-electron chi connectivity index (χ0n) is 12.3. The van der Waals surface area contributed by atoms with Crippen molar-refractivity contribution in [3.05, 3.63) is 45.3 Å². The molecule has 0 radical (unpaired) electrons. The number of aromatic nitrogens is 5. The summed E-state index contributed by atoms with van der Waals surface area (Å²) in [6.45, 7) is 0. The van der Waals surface area contributed by atoms with Crippen molar-refractivity contribution in [3.8, 4) is 17.2 Å². The summed E-state index contributed by atoms with van der Waals surface area (Å²) < 4.78 is 1.99. The molecule has 0 unspecified atom stereocenters. The van der Waals surface area contributed by atoms with Gasteiger partial charge in [0.1, 0.15) is 5.69 Å². The molecule has 2 heterocycles. The quantitative estimate of drug-likeness (QED) is 0.617. The summed E-state index contributed by atoms with van der Waals surface area (Å²) in [7, 11) is 0. The molecule has 1 saturated carbocycles. The number of carbonyl (C=O) groups is 1. The number of rotatable bonds is 4. The summed E-state index contributed by atoms with van der Waals surface area (Å²) in [6.07, 6.45) is 2.32. The van der Waals surface area contributed by atoms with Crippen LogP contribution in [0.1, 0.15) is 34.8 Å². The highest BCUT2D eigenvalue weighted by Crippen LogP contribution is 2.40. The maximum Gasteiger partial charge on any atom is 0.337 e. The molecule has 2 aromatic heterocycles. The molecular formula is C15H12ClN5O2S. The van der Waals surface area contributed by atoms with Gasteiger partial charge in [0.25, 0.3) is 0 Å². The van der Waals surface area contributed by atoms with E-state index < -0.39 is 5.97 Å². The maximum absolute atomic E-state index is 11.3.